The number of nitrogens with zero attached hydrogens (tertiary/aromatic N) is 2. The molecular formula is C20H22ClFN4OS. The SMILES string of the molecule is CCCCCC[C@H](NC(=O)c1cncs1)c1[nH]c(-c2ccc(F)cc2)nc1Cl. The predicted molar refractivity (Wildman–Crippen MR) is 110 cm³/mol. The first-order valence-corrected chi connectivity index (χ1v) is 10.5. The van der Waals surface area contributed by atoms with Crippen LogP contribution in [0.5, 0.6) is 0 Å². The van der Waals surface area contributed by atoms with Crippen LogP contribution < -0.4 is 5.32 Å². The van der Waals surface area contributed by atoms with Crippen molar-refractivity contribution in [1.29, 1.82) is 0 Å². The summed E-state index contributed by atoms with van der Waals surface area (Å²) < 4.78 is 13.2. The lowest BCUT2D eigenvalue weighted by Crippen LogP contribution is -2.28. The number of rotatable bonds is 9. The van der Waals surface area contributed by atoms with Gasteiger partial charge in [0.1, 0.15) is 16.5 Å². The molecule has 0 radical (unpaired) electrons. The number of hydrogen-bond donors (Lipinski definition) is 2. The fourth-order valence-corrected chi connectivity index (χ4v) is 3.75. The summed E-state index contributed by atoms with van der Waals surface area (Å²) in [5, 5.41) is 3.35. The average Bonchev–Trinajstić information content (AvgIpc) is 3.35. The van der Waals surface area contributed by atoms with Crippen LogP contribution in [0.25, 0.3) is 11.4 Å². The smallest absolute Gasteiger partial charge is 0.263 e. The lowest BCUT2D eigenvalue weighted by atomic mass is 10.0. The van der Waals surface area contributed by atoms with Gasteiger partial charge in [-0.3, -0.25) is 9.78 Å². The molecule has 0 fully saturated rings. The maximum absolute atomic E-state index is 13.2. The van der Waals surface area contributed by atoms with Crippen molar-refractivity contribution in [1.82, 2.24) is 20.3 Å². The monoisotopic (exact) mass is 420 g/mol. The highest BCUT2D eigenvalue weighted by molar-refractivity contribution is 7.11. The fraction of sp³-hybridized carbons (Fsp3) is 0.350. The van der Waals surface area contributed by atoms with E-state index in [-0.39, 0.29) is 17.8 Å². The number of aromatic nitrogens is 3. The minimum absolute atomic E-state index is 0.183. The molecule has 0 spiro atoms. The molecule has 0 aliphatic rings. The third kappa shape index (κ3) is 5.17. The summed E-state index contributed by atoms with van der Waals surface area (Å²) in [6.07, 6.45) is 6.62. The van der Waals surface area contributed by atoms with E-state index in [1.54, 1.807) is 23.8 Å². The number of hydrogen-bond acceptors (Lipinski definition) is 4. The van der Waals surface area contributed by atoms with Gasteiger partial charge in [-0.25, -0.2) is 9.37 Å². The van der Waals surface area contributed by atoms with Crippen LogP contribution in [0.2, 0.25) is 5.15 Å². The second kappa shape index (κ2) is 9.80. The Kier molecular flexibility index (Phi) is 7.17. The predicted octanol–water partition coefficient (Wildman–Crippen LogP) is 5.77. The van der Waals surface area contributed by atoms with Crippen molar-refractivity contribution in [2.24, 2.45) is 0 Å². The Morgan fingerprint density at radius 2 is 2.07 bits per heavy atom. The third-order valence-electron chi connectivity index (χ3n) is 4.46. The topological polar surface area (TPSA) is 70.7 Å². The standard InChI is InChI=1S/C20H22ClFN4OS/c1-2-3-4-5-6-15(24-20(27)16-11-23-12-28-16)17-18(21)26-19(25-17)13-7-9-14(22)10-8-13/h7-12,15H,2-6H2,1H3,(H,24,27)(H,25,26)/t15-/m0/s1. The molecule has 148 valence electrons. The second-order valence-electron chi connectivity index (χ2n) is 6.54. The quantitative estimate of drug-likeness (QED) is 0.432. The molecule has 0 saturated carbocycles. The van der Waals surface area contributed by atoms with Gasteiger partial charge in [0.15, 0.2) is 5.15 Å². The largest absolute Gasteiger partial charge is 0.343 e. The molecule has 28 heavy (non-hydrogen) atoms. The van der Waals surface area contributed by atoms with E-state index in [1.165, 1.54) is 23.5 Å². The molecule has 0 aliphatic heterocycles. The highest BCUT2D eigenvalue weighted by atomic mass is 35.5. The van der Waals surface area contributed by atoms with Crippen molar-refractivity contribution in [3.63, 3.8) is 0 Å². The number of H-pyrrole nitrogens is 1. The van der Waals surface area contributed by atoms with E-state index in [1.807, 2.05) is 0 Å². The van der Waals surface area contributed by atoms with E-state index in [0.717, 1.165) is 37.7 Å². The molecule has 5 nitrogen and oxygen atoms in total. The Hall–Kier alpha value is -2.25. The summed E-state index contributed by atoms with van der Waals surface area (Å²) in [7, 11) is 0. The van der Waals surface area contributed by atoms with Crippen LogP contribution in [0.15, 0.2) is 36.0 Å². The van der Waals surface area contributed by atoms with Gasteiger partial charge in [-0.1, -0.05) is 44.2 Å². The maximum atomic E-state index is 13.2. The van der Waals surface area contributed by atoms with Gasteiger partial charge in [-0.2, -0.15) is 0 Å². The molecule has 3 aromatic rings. The molecule has 1 amide bonds. The van der Waals surface area contributed by atoms with Gasteiger partial charge in [0.2, 0.25) is 0 Å². The number of nitrogens with one attached hydrogen (secondary N) is 2. The molecule has 2 aromatic heterocycles. The molecule has 1 aromatic carbocycles. The van der Waals surface area contributed by atoms with E-state index in [9.17, 15) is 9.18 Å². The van der Waals surface area contributed by atoms with Crippen molar-refractivity contribution in [2.45, 2.75) is 45.1 Å². The number of halogens is 2. The first-order valence-electron chi connectivity index (χ1n) is 9.29. The molecule has 1 atom stereocenters. The average molecular weight is 421 g/mol. The molecule has 0 unspecified atom stereocenters. The van der Waals surface area contributed by atoms with Crippen LogP contribution in [0.1, 0.15) is 60.4 Å². The first kappa shape index (κ1) is 20.5. The summed E-state index contributed by atoms with van der Waals surface area (Å²) in [5.41, 5.74) is 3.02. The van der Waals surface area contributed by atoms with E-state index < -0.39 is 0 Å². The van der Waals surface area contributed by atoms with Crippen molar-refractivity contribution in [2.75, 3.05) is 0 Å². The normalized spacial score (nSPS) is 12.1. The van der Waals surface area contributed by atoms with E-state index in [2.05, 4.69) is 27.2 Å². The maximum Gasteiger partial charge on any atom is 0.263 e. The molecule has 2 heterocycles. The zero-order valence-electron chi connectivity index (χ0n) is 15.5. The number of amides is 1. The van der Waals surface area contributed by atoms with Gasteiger partial charge in [0.25, 0.3) is 5.91 Å². The summed E-state index contributed by atoms with van der Waals surface area (Å²) in [6.45, 7) is 2.16. The van der Waals surface area contributed by atoms with Gasteiger partial charge in [-0.15, -0.1) is 11.3 Å². The number of aromatic amines is 1. The van der Waals surface area contributed by atoms with Gasteiger partial charge in [-0.05, 0) is 30.7 Å². The second-order valence-corrected chi connectivity index (χ2v) is 7.78. The minimum Gasteiger partial charge on any atom is -0.343 e. The van der Waals surface area contributed by atoms with Crippen LogP contribution in [-0.2, 0) is 0 Å². The number of thiazole rings is 1. The zero-order chi connectivity index (χ0) is 19.9. The van der Waals surface area contributed by atoms with Crippen LogP contribution >= 0.6 is 22.9 Å². The summed E-state index contributed by atoms with van der Waals surface area (Å²) >= 11 is 7.68. The zero-order valence-corrected chi connectivity index (χ0v) is 17.1. The number of carbonyl (C=O) groups is 1. The molecule has 3 rings (SSSR count). The molecule has 0 bridgehead atoms. The van der Waals surface area contributed by atoms with Crippen LogP contribution in [-0.4, -0.2) is 20.9 Å². The van der Waals surface area contributed by atoms with Crippen LogP contribution in [0.4, 0.5) is 4.39 Å². The number of unbranched alkanes of at least 4 members (excludes halogenated alkanes) is 3. The van der Waals surface area contributed by atoms with E-state index in [4.69, 9.17) is 11.6 Å². The number of benzene rings is 1. The molecule has 8 heteroatoms. The minimum atomic E-state index is -0.313. The molecule has 0 saturated heterocycles. The van der Waals surface area contributed by atoms with Crippen molar-refractivity contribution in [3.8, 4) is 11.4 Å². The Balaban J connectivity index is 1.81. The Morgan fingerprint density at radius 3 is 2.75 bits per heavy atom. The summed E-state index contributed by atoms with van der Waals surface area (Å²) in [6, 6.07) is 5.74. The number of carbonyl (C=O) groups excluding carboxylic acids is 1. The highest BCUT2D eigenvalue weighted by Crippen LogP contribution is 2.29. The van der Waals surface area contributed by atoms with Gasteiger partial charge in [0.05, 0.1) is 23.4 Å². The van der Waals surface area contributed by atoms with Gasteiger partial charge < -0.3 is 10.3 Å². The number of imidazole rings is 1. The highest BCUT2D eigenvalue weighted by Gasteiger charge is 2.22. The van der Waals surface area contributed by atoms with Gasteiger partial charge in [0, 0.05) is 5.56 Å². The van der Waals surface area contributed by atoms with Crippen LogP contribution in [0, 0.1) is 5.82 Å². The lowest BCUT2D eigenvalue weighted by Gasteiger charge is -2.17. The van der Waals surface area contributed by atoms with Crippen molar-refractivity contribution < 1.29 is 9.18 Å². The molecule has 2 N–H and O–H groups in total. The molecule has 0 aliphatic carbocycles. The fourth-order valence-electron chi connectivity index (χ4n) is 2.96. The summed E-state index contributed by atoms with van der Waals surface area (Å²) in [4.78, 5) is 24.6. The lowest BCUT2D eigenvalue weighted by molar-refractivity contribution is 0.0937. The Labute approximate surface area is 172 Å². The third-order valence-corrected chi connectivity index (χ3v) is 5.52. The Bertz CT molecular complexity index is 896. The van der Waals surface area contributed by atoms with E-state index >= 15 is 0 Å². The molecular weight excluding hydrogens is 399 g/mol. The van der Waals surface area contributed by atoms with Gasteiger partial charge >= 0.3 is 0 Å². The first-order chi connectivity index (χ1) is 13.6. The van der Waals surface area contributed by atoms with E-state index in [0.29, 0.717) is 21.5 Å². The van der Waals surface area contributed by atoms with Crippen molar-refractivity contribution in [3.05, 3.63) is 57.5 Å². The Morgan fingerprint density at radius 1 is 1.29 bits per heavy atom. The van der Waals surface area contributed by atoms with Crippen LogP contribution in [0.3, 0.4) is 0 Å². The van der Waals surface area contributed by atoms with Crippen molar-refractivity contribution >= 4 is 28.8 Å². The summed E-state index contributed by atoms with van der Waals surface area (Å²) in [5.74, 6) is 0.0508.